The van der Waals surface area contributed by atoms with Crippen LogP contribution in [0.2, 0.25) is 0 Å². The number of hydrogen-bond acceptors (Lipinski definition) is 9. The number of benzene rings is 1. The van der Waals surface area contributed by atoms with Crippen molar-refractivity contribution in [1.82, 2.24) is 0 Å². The third-order valence-electron chi connectivity index (χ3n) is 3.99. The summed E-state index contributed by atoms with van der Waals surface area (Å²) in [4.78, 5) is 22.9. The van der Waals surface area contributed by atoms with E-state index < -0.39 is 49.3 Å². The Morgan fingerprint density at radius 3 is 2.15 bits per heavy atom. The molecular weight excluding hydrogens is 360 g/mol. The Morgan fingerprint density at radius 2 is 1.63 bits per heavy atom. The van der Waals surface area contributed by atoms with E-state index in [0.717, 1.165) is 12.5 Å². The van der Waals surface area contributed by atoms with Crippen LogP contribution in [0.25, 0.3) is 0 Å². The van der Waals surface area contributed by atoms with Gasteiger partial charge in [0.1, 0.15) is 18.0 Å². The average molecular weight is 384 g/mol. The van der Waals surface area contributed by atoms with Crippen LogP contribution < -0.4 is 4.74 Å². The topological polar surface area (TPSA) is 121 Å². The van der Waals surface area contributed by atoms with Crippen LogP contribution in [0.4, 0.5) is 0 Å². The van der Waals surface area contributed by atoms with Crippen LogP contribution in [0.3, 0.4) is 0 Å². The first-order valence-corrected chi connectivity index (χ1v) is 8.39. The van der Waals surface area contributed by atoms with Crippen molar-refractivity contribution in [3.63, 3.8) is 0 Å². The molecular formula is C18H24O9. The Hall–Kier alpha value is -2.20. The summed E-state index contributed by atoms with van der Waals surface area (Å²) in [6, 6.07) is 7.09. The Kier molecular flexibility index (Phi) is 7.55. The van der Waals surface area contributed by atoms with Gasteiger partial charge in [0.2, 0.25) is 0 Å². The number of aliphatic hydroxyl groups is 2. The number of rotatable bonds is 7. The fourth-order valence-corrected chi connectivity index (χ4v) is 2.80. The van der Waals surface area contributed by atoms with Crippen molar-refractivity contribution in [2.75, 3.05) is 13.7 Å². The van der Waals surface area contributed by atoms with E-state index in [1.54, 1.807) is 31.4 Å². The first kappa shape index (κ1) is 21.1. The summed E-state index contributed by atoms with van der Waals surface area (Å²) in [5, 5.41) is 19.7. The molecule has 1 aliphatic rings. The normalized spacial score (nSPS) is 27.7. The molecule has 0 radical (unpaired) electrons. The summed E-state index contributed by atoms with van der Waals surface area (Å²) in [5.41, 5.74) is 0.796. The third-order valence-corrected chi connectivity index (χ3v) is 3.99. The lowest BCUT2D eigenvalue weighted by Crippen LogP contribution is -2.61. The van der Waals surface area contributed by atoms with Crippen LogP contribution in [-0.4, -0.2) is 66.6 Å². The molecule has 1 heterocycles. The molecule has 150 valence electrons. The van der Waals surface area contributed by atoms with Crippen LogP contribution in [0, 0.1) is 0 Å². The molecule has 1 aromatic carbocycles. The number of aliphatic hydroxyl groups excluding tert-OH is 2. The van der Waals surface area contributed by atoms with E-state index in [1.807, 2.05) is 0 Å². The molecule has 5 atom stereocenters. The minimum atomic E-state index is -1.57. The van der Waals surface area contributed by atoms with Gasteiger partial charge in [0.25, 0.3) is 0 Å². The molecule has 1 saturated heterocycles. The lowest BCUT2D eigenvalue weighted by molar-refractivity contribution is -0.301. The van der Waals surface area contributed by atoms with Gasteiger partial charge in [-0.25, -0.2) is 0 Å². The highest BCUT2D eigenvalue weighted by Gasteiger charge is 2.50. The van der Waals surface area contributed by atoms with Gasteiger partial charge in [0, 0.05) is 13.8 Å². The number of esters is 2. The van der Waals surface area contributed by atoms with E-state index in [1.165, 1.54) is 6.92 Å². The second-order valence-electron chi connectivity index (χ2n) is 6.02. The summed E-state index contributed by atoms with van der Waals surface area (Å²) in [6.45, 7) is 1.95. The molecule has 2 N–H and O–H groups in total. The van der Waals surface area contributed by atoms with Crippen LogP contribution in [0.5, 0.6) is 5.75 Å². The molecule has 27 heavy (non-hydrogen) atoms. The smallest absolute Gasteiger partial charge is 0.303 e. The molecule has 9 nitrogen and oxygen atoms in total. The average Bonchev–Trinajstić information content (AvgIpc) is 2.63. The van der Waals surface area contributed by atoms with E-state index in [9.17, 15) is 19.8 Å². The summed E-state index contributed by atoms with van der Waals surface area (Å²) in [7, 11) is 1.56. The first-order valence-electron chi connectivity index (χ1n) is 8.39. The van der Waals surface area contributed by atoms with Crippen LogP contribution in [0.1, 0.15) is 19.4 Å². The predicted octanol–water partition coefficient (Wildman–Crippen LogP) is 0.153. The minimum Gasteiger partial charge on any atom is -0.497 e. The molecule has 1 aromatic rings. The van der Waals surface area contributed by atoms with Crippen LogP contribution in [-0.2, 0) is 35.1 Å². The van der Waals surface area contributed by atoms with Gasteiger partial charge in [0.05, 0.1) is 20.3 Å². The Labute approximate surface area is 156 Å². The van der Waals surface area contributed by atoms with Gasteiger partial charge in [-0.1, -0.05) is 12.1 Å². The van der Waals surface area contributed by atoms with Crippen molar-refractivity contribution >= 4 is 11.9 Å². The molecule has 0 aromatic heterocycles. The molecule has 0 spiro atoms. The molecule has 0 amide bonds. The minimum absolute atomic E-state index is 0.106. The number of hydrogen-bond donors (Lipinski definition) is 2. The Balaban J connectivity index is 2.19. The highest BCUT2D eigenvalue weighted by atomic mass is 16.7. The lowest BCUT2D eigenvalue weighted by Gasteiger charge is -2.42. The first-order chi connectivity index (χ1) is 12.8. The zero-order valence-corrected chi connectivity index (χ0v) is 15.4. The summed E-state index contributed by atoms with van der Waals surface area (Å²) >= 11 is 0. The standard InChI is InChI=1S/C18H24O9/c1-10(20)25-16-15(24-9-12-4-6-13(23-3)7-5-12)14(8-19)27-18(22)17(16)26-11(2)21/h4-7,14-19,22H,8-9H2,1-3H3/t14-,15-,16+,17-,18+/m1/s1. The van der Waals surface area contributed by atoms with Gasteiger partial charge < -0.3 is 33.9 Å². The number of carbonyl (C=O) groups excluding carboxylic acids is 2. The maximum Gasteiger partial charge on any atom is 0.303 e. The van der Waals surface area contributed by atoms with E-state index in [0.29, 0.717) is 5.75 Å². The quantitative estimate of drug-likeness (QED) is 0.633. The molecule has 0 saturated carbocycles. The fraction of sp³-hybridized carbons (Fsp3) is 0.556. The molecule has 0 bridgehead atoms. The van der Waals surface area contributed by atoms with E-state index in [4.69, 9.17) is 23.7 Å². The largest absolute Gasteiger partial charge is 0.497 e. The summed E-state index contributed by atoms with van der Waals surface area (Å²) in [6.07, 6.45) is -5.94. The summed E-state index contributed by atoms with van der Waals surface area (Å²) in [5.74, 6) is -0.652. The molecule has 2 rings (SSSR count). The van der Waals surface area contributed by atoms with Gasteiger partial charge in [-0.15, -0.1) is 0 Å². The van der Waals surface area contributed by atoms with Crippen LogP contribution >= 0.6 is 0 Å². The van der Waals surface area contributed by atoms with Gasteiger partial charge in [-0.2, -0.15) is 0 Å². The van der Waals surface area contributed by atoms with E-state index in [-0.39, 0.29) is 6.61 Å². The fourth-order valence-electron chi connectivity index (χ4n) is 2.80. The zero-order valence-electron chi connectivity index (χ0n) is 15.4. The number of carbonyl (C=O) groups is 2. The van der Waals surface area contributed by atoms with Crippen molar-refractivity contribution in [1.29, 1.82) is 0 Å². The molecule has 1 aliphatic heterocycles. The highest BCUT2D eigenvalue weighted by Crippen LogP contribution is 2.28. The molecule has 9 heteroatoms. The van der Waals surface area contributed by atoms with Crippen molar-refractivity contribution in [3.8, 4) is 5.75 Å². The monoisotopic (exact) mass is 384 g/mol. The second-order valence-corrected chi connectivity index (χ2v) is 6.02. The van der Waals surface area contributed by atoms with E-state index >= 15 is 0 Å². The second kappa shape index (κ2) is 9.65. The molecule has 0 aliphatic carbocycles. The van der Waals surface area contributed by atoms with Gasteiger partial charge in [0.15, 0.2) is 18.5 Å². The maximum absolute atomic E-state index is 11.5. The lowest BCUT2D eigenvalue weighted by atomic mass is 9.98. The Morgan fingerprint density at radius 1 is 1.04 bits per heavy atom. The van der Waals surface area contributed by atoms with Crippen molar-refractivity contribution < 1.29 is 43.5 Å². The van der Waals surface area contributed by atoms with E-state index in [2.05, 4.69) is 0 Å². The predicted molar refractivity (Wildman–Crippen MR) is 90.6 cm³/mol. The van der Waals surface area contributed by atoms with Gasteiger partial charge in [-0.3, -0.25) is 9.59 Å². The number of methoxy groups -OCH3 is 1. The van der Waals surface area contributed by atoms with Crippen LogP contribution in [0.15, 0.2) is 24.3 Å². The summed E-state index contributed by atoms with van der Waals surface area (Å²) < 4.78 is 26.5. The Bertz CT molecular complexity index is 630. The molecule has 1 fully saturated rings. The van der Waals surface area contributed by atoms with Crippen molar-refractivity contribution in [3.05, 3.63) is 29.8 Å². The van der Waals surface area contributed by atoms with Crippen molar-refractivity contribution in [2.24, 2.45) is 0 Å². The van der Waals surface area contributed by atoms with Gasteiger partial charge >= 0.3 is 11.9 Å². The third kappa shape index (κ3) is 5.64. The highest BCUT2D eigenvalue weighted by molar-refractivity contribution is 5.67. The van der Waals surface area contributed by atoms with Crippen molar-refractivity contribution in [2.45, 2.75) is 51.2 Å². The zero-order chi connectivity index (χ0) is 20.0. The van der Waals surface area contributed by atoms with Gasteiger partial charge in [-0.05, 0) is 17.7 Å². The SMILES string of the molecule is COc1ccc(CO[C@H]2[C@H](OC(C)=O)[C@@H](OC(C)=O)[C@@H](O)O[C@@H]2CO)cc1. The maximum atomic E-state index is 11.5. The molecule has 0 unspecified atom stereocenters. The number of ether oxygens (including phenoxy) is 5.